The summed E-state index contributed by atoms with van der Waals surface area (Å²) in [6.07, 6.45) is 0. The number of aromatic nitrogens is 2. The number of nitrogens with two attached hydrogens (primary N) is 1. The first-order valence-electron chi connectivity index (χ1n) is 6.57. The van der Waals surface area contributed by atoms with Gasteiger partial charge in [0.1, 0.15) is 5.69 Å². The van der Waals surface area contributed by atoms with Crippen LogP contribution in [0.25, 0.3) is 0 Å². The highest BCUT2D eigenvalue weighted by atomic mass is 16.2. The van der Waals surface area contributed by atoms with Gasteiger partial charge in [-0.1, -0.05) is 6.92 Å². The third kappa shape index (κ3) is 3.32. The fourth-order valence-corrected chi connectivity index (χ4v) is 1.93. The summed E-state index contributed by atoms with van der Waals surface area (Å²) in [5, 5.41) is 4.31. The van der Waals surface area contributed by atoms with Gasteiger partial charge in [0.05, 0.1) is 5.69 Å². The molecule has 1 unspecified atom stereocenters. The Balaban J connectivity index is 2.89. The minimum atomic E-state index is 0.0419. The topological polar surface area (TPSA) is 64.2 Å². The van der Waals surface area contributed by atoms with E-state index in [1.165, 1.54) is 0 Å². The third-order valence-corrected chi connectivity index (χ3v) is 3.02. The van der Waals surface area contributed by atoms with Crippen molar-refractivity contribution in [2.45, 2.75) is 34.2 Å². The quantitative estimate of drug-likeness (QED) is 0.829. The van der Waals surface area contributed by atoms with Crippen LogP contribution < -0.4 is 5.73 Å². The van der Waals surface area contributed by atoms with E-state index in [0.717, 1.165) is 5.69 Å². The number of aryl methyl sites for hydroxylation is 2. The van der Waals surface area contributed by atoms with E-state index in [4.69, 9.17) is 5.73 Å². The Morgan fingerprint density at radius 2 is 2.22 bits per heavy atom. The fraction of sp³-hybridized carbons (Fsp3) is 0.692. The summed E-state index contributed by atoms with van der Waals surface area (Å²) < 4.78 is 1.76. The van der Waals surface area contributed by atoms with E-state index >= 15 is 0 Å². The predicted octanol–water partition coefficient (Wildman–Crippen LogP) is 1.27. The Hall–Kier alpha value is -1.36. The molecular formula is C13H24N4O. The molecule has 0 spiro atoms. The van der Waals surface area contributed by atoms with Gasteiger partial charge in [0.15, 0.2) is 0 Å². The molecular weight excluding hydrogens is 228 g/mol. The molecule has 1 aromatic heterocycles. The molecule has 5 heteroatoms. The summed E-state index contributed by atoms with van der Waals surface area (Å²) in [6, 6.07) is 1.85. The highest BCUT2D eigenvalue weighted by Crippen LogP contribution is 2.09. The second-order valence-corrected chi connectivity index (χ2v) is 4.67. The van der Waals surface area contributed by atoms with E-state index in [-0.39, 0.29) is 5.91 Å². The first-order chi connectivity index (χ1) is 8.53. The highest BCUT2D eigenvalue weighted by Gasteiger charge is 2.20. The lowest BCUT2D eigenvalue weighted by Gasteiger charge is -2.24. The van der Waals surface area contributed by atoms with Crippen LogP contribution in [0, 0.1) is 12.8 Å². The Labute approximate surface area is 109 Å². The minimum Gasteiger partial charge on any atom is -0.337 e. The van der Waals surface area contributed by atoms with Crippen molar-refractivity contribution in [1.82, 2.24) is 14.7 Å². The van der Waals surface area contributed by atoms with Gasteiger partial charge in [0.2, 0.25) is 0 Å². The Morgan fingerprint density at radius 1 is 1.56 bits per heavy atom. The van der Waals surface area contributed by atoms with E-state index < -0.39 is 0 Å². The normalized spacial score (nSPS) is 12.5. The first kappa shape index (κ1) is 14.7. The van der Waals surface area contributed by atoms with Gasteiger partial charge >= 0.3 is 0 Å². The summed E-state index contributed by atoms with van der Waals surface area (Å²) in [4.78, 5) is 14.3. The lowest BCUT2D eigenvalue weighted by atomic mass is 10.1. The smallest absolute Gasteiger partial charge is 0.272 e. The SMILES string of the molecule is CCN(CC(C)CN)C(=O)c1cc(C)nn1CC. The zero-order valence-electron chi connectivity index (χ0n) is 11.8. The van der Waals surface area contributed by atoms with Crippen LogP contribution in [0.4, 0.5) is 0 Å². The average Bonchev–Trinajstić information content (AvgIpc) is 2.75. The maximum atomic E-state index is 12.4. The van der Waals surface area contributed by atoms with Gasteiger partial charge in [-0.05, 0) is 39.3 Å². The molecule has 1 aromatic rings. The molecule has 1 rings (SSSR count). The highest BCUT2D eigenvalue weighted by molar-refractivity contribution is 5.92. The van der Waals surface area contributed by atoms with Crippen molar-refractivity contribution in [2.24, 2.45) is 11.7 Å². The zero-order chi connectivity index (χ0) is 13.7. The van der Waals surface area contributed by atoms with Crippen molar-refractivity contribution in [3.8, 4) is 0 Å². The second-order valence-electron chi connectivity index (χ2n) is 4.67. The Bertz CT molecular complexity index is 400. The van der Waals surface area contributed by atoms with Crippen LogP contribution in [0.5, 0.6) is 0 Å². The van der Waals surface area contributed by atoms with Gasteiger partial charge in [0, 0.05) is 19.6 Å². The molecule has 1 heterocycles. The molecule has 0 aliphatic rings. The molecule has 0 bridgehead atoms. The molecule has 18 heavy (non-hydrogen) atoms. The van der Waals surface area contributed by atoms with Gasteiger partial charge in [-0.15, -0.1) is 0 Å². The summed E-state index contributed by atoms with van der Waals surface area (Å²) in [5.41, 5.74) is 7.16. The molecule has 0 aliphatic carbocycles. The van der Waals surface area contributed by atoms with Crippen molar-refractivity contribution in [3.63, 3.8) is 0 Å². The molecule has 1 amide bonds. The molecule has 0 aliphatic heterocycles. The van der Waals surface area contributed by atoms with Crippen LogP contribution in [0.2, 0.25) is 0 Å². The van der Waals surface area contributed by atoms with Crippen molar-refractivity contribution in [1.29, 1.82) is 0 Å². The summed E-state index contributed by atoms with van der Waals surface area (Å²) in [6.45, 7) is 10.6. The maximum Gasteiger partial charge on any atom is 0.272 e. The summed E-state index contributed by atoms with van der Waals surface area (Å²) >= 11 is 0. The van der Waals surface area contributed by atoms with Crippen molar-refractivity contribution < 1.29 is 4.79 Å². The zero-order valence-corrected chi connectivity index (χ0v) is 11.8. The molecule has 2 N–H and O–H groups in total. The number of nitrogens with zero attached hydrogens (tertiary/aromatic N) is 3. The van der Waals surface area contributed by atoms with Gasteiger partial charge < -0.3 is 10.6 Å². The Kier molecular flexibility index (Phi) is 5.34. The van der Waals surface area contributed by atoms with Crippen LogP contribution in [-0.2, 0) is 6.54 Å². The predicted molar refractivity (Wildman–Crippen MR) is 72.4 cm³/mol. The molecule has 102 valence electrons. The number of carbonyl (C=O) groups is 1. The lowest BCUT2D eigenvalue weighted by Crippen LogP contribution is -2.37. The van der Waals surface area contributed by atoms with Gasteiger partial charge in [-0.25, -0.2) is 0 Å². The second kappa shape index (κ2) is 6.54. The fourth-order valence-electron chi connectivity index (χ4n) is 1.93. The number of rotatable bonds is 6. The monoisotopic (exact) mass is 252 g/mol. The summed E-state index contributed by atoms with van der Waals surface area (Å²) in [7, 11) is 0. The van der Waals surface area contributed by atoms with E-state index in [1.807, 2.05) is 31.7 Å². The van der Waals surface area contributed by atoms with Gasteiger partial charge in [-0.2, -0.15) is 5.10 Å². The number of hydrogen-bond donors (Lipinski definition) is 1. The molecule has 0 saturated heterocycles. The minimum absolute atomic E-state index is 0.0419. The number of hydrogen-bond acceptors (Lipinski definition) is 3. The largest absolute Gasteiger partial charge is 0.337 e. The molecule has 1 atom stereocenters. The van der Waals surface area contributed by atoms with Crippen LogP contribution in [0.1, 0.15) is 37.0 Å². The lowest BCUT2D eigenvalue weighted by molar-refractivity contribution is 0.0731. The first-order valence-corrected chi connectivity index (χ1v) is 6.57. The van der Waals surface area contributed by atoms with Crippen molar-refractivity contribution in [2.75, 3.05) is 19.6 Å². The molecule has 0 fully saturated rings. The average molecular weight is 252 g/mol. The van der Waals surface area contributed by atoms with Crippen molar-refractivity contribution >= 4 is 5.91 Å². The van der Waals surface area contributed by atoms with Gasteiger partial charge in [-0.3, -0.25) is 9.48 Å². The Morgan fingerprint density at radius 3 is 2.72 bits per heavy atom. The van der Waals surface area contributed by atoms with E-state index in [9.17, 15) is 4.79 Å². The van der Waals surface area contributed by atoms with Crippen molar-refractivity contribution in [3.05, 3.63) is 17.5 Å². The number of carbonyl (C=O) groups excluding carboxylic acids is 1. The van der Waals surface area contributed by atoms with E-state index in [2.05, 4.69) is 12.0 Å². The van der Waals surface area contributed by atoms with E-state index in [1.54, 1.807) is 4.68 Å². The molecule has 0 radical (unpaired) electrons. The number of amides is 1. The standard InChI is InChI=1S/C13H24N4O/c1-5-16(9-10(3)8-14)13(18)12-7-11(4)15-17(12)6-2/h7,10H,5-6,8-9,14H2,1-4H3. The molecule has 0 aromatic carbocycles. The van der Waals surface area contributed by atoms with Crippen LogP contribution >= 0.6 is 0 Å². The van der Waals surface area contributed by atoms with Crippen LogP contribution in [0.3, 0.4) is 0 Å². The summed E-state index contributed by atoms with van der Waals surface area (Å²) in [5.74, 6) is 0.355. The van der Waals surface area contributed by atoms with Crippen LogP contribution in [-0.4, -0.2) is 40.2 Å². The third-order valence-electron chi connectivity index (χ3n) is 3.02. The van der Waals surface area contributed by atoms with E-state index in [0.29, 0.717) is 37.8 Å². The molecule has 5 nitrogen and oxygen atoms in total. The van der Waals surface area contributed by atoms with Crippen LogP contribution in [0.15, 0.2) is 6.07 Å². The maximum absolute atomic E-state index is 12.4. The molecule has 0 saturated carbocycles. The van der Waals surface area contributed by atoms with Gasteiger partial charge in [0.25, 0.3) is 5.91 Å².